The molecule has 4 nitrogen and oxygen atoms in total. The third-order valence-electron chi connectivity index (χ3n) is 8.86. The highest BCUT2D eigenvalue weighted by Crippen LogP contribution is 2.73. The Kier molecular flexibility index (Phi) is 3.24. The van der Waals surface area contributed by atoms with E-state index in [1.165, 1.54) is 12.8 Å². The number of carbonyl (C=O) groups excluding carboxylic acids is 2. The summed E-state index contributed by atoms with van der Waals surface area (Å²) in [6.07, 6.45) is 6.34. The number of carbonyl (C=O) groups is 2. The van der Waals surface area contributed by atoms with E-state index in [-0.39, 0.29) is 28.9 Å². The molecule has 1 heterocycles. The Morgan fingerprint density at radius 1 is 1.24 bits per heavy atom. The molecule has 4 aliphatic carbocycles. The highest BCUT2D eigenvalue weighted by atomic mass is 16.5. The molecule has 5 aliphatic rings. The van der Waals surface area contributed by atoms with E-state index in [0.29, 0.717) is 42.1 Å². The first-order chi connectivity index (χ1) is 11.9. The summed E-state index contributed by atoms with van der Waals surface area (Å²) in [5.41, 5.74) is -0.528. The Hall–Kier alpha value is -1.06. The molecule has 0 radical (unpaired) electrons. The van der Waals surface area contributed by atoms with Gasteiger partial charge < -0.3 is 9.47 Å². The zero-order chi connectivity index (χ0) is 17.6. The van der Waals surface area contributed by atoms with Crippen LogP contribution in [0.3, 0.4) is 0 Å². The van der Waals surface area contributed by atoms with Gasteiger partial charge in [-0.05, 0) is 87.9 Å². The molecule has 8 unspecified atom stereocenters. The fourth-order valence-corrected chi connectivity index (χ4v) is 7.39. The van der Waals surface area contributed by atoms with Crippen LogP contribution in [0.5, 0.6) is 0 Å². The molecule has 8 atom stereocenters. The van der Waals surface area contributed by atoms with E-state index in [4.69, 9.17) is 9.47 Å². The van der Waals surface area contributed by atoms with Gasteiger partial charge >= 0.3 is 11.9 Å². The van der Waals surface area contributed by atoms with Crippen molar-refractivity contribution in [3.05, 3.63) is 0 Å². The van der Waals surface area contributed by atoms with Gasteiger partial charge in [0.2, 0.25) is 0 Å². The SMILES string of the molecule is CCC(C)(C)C(=O)OC1CC2CC1C1C3CC(C21)C1(CCOC1=O)C3. The monoisotopic (exact) mass is 346 g/mol. The van der Waals surface area contributed by atoms with E-state index >= 15 is 0 Å². The minimum absolute atomic E-state index is 0.0249. The molecule has 138 valence electrons. The van der Waals surface area contributed by atoms with Gasteiger partial charge in [-0.3, -0.25) is 9.59 Å². The maximum atomic E-state index is 12.5. The van der Waals surface area contributed by atoms with Crippen LogP contribution in [0.4, 0.5) is 0 Å². The minimum Gasteiger partial charge on any atom is -0.465 e. The maximum absolute atomic E-state index is 12.5. The molecule has 5 rings (SSSR count). The molecule has 1 spiro atoms. The van der Waals surface area contributed by atoms with E-state index < -0.39 is 0 Å². The first-order valence-corrected chi connectivity index (χ1v) is 10.3. The molecule has 0 amide bonds. The smallest absolute Gasteiger partial charge is 0.312 e. The molecule has 1 aliphatic heterocycles. The van der Waals surface area contributed by atoms with Crippen LogP contribution in [0.25, 0.3) is 0 Å². The second kappa shape index (κ2) is 5.01. The van der Waals surface area contributed by atoms with E-state index in [9.17, 15) is 9.59 Å². The average Bonchev–Trinajstić information content (AvgIpc) is 3.35. The quantitative estimate of drug-likeness (QED) is 0.579. The molecule has 0 aromatic carbocycles. The molecule has 0 aromatic rings. The van der Waals surface area contributed by atoms with Gasteiger partial charge in [0.05, 0.1) is 17.4 Å². The van der Waals surface area contributed by atoms with Crippen molar-refractivity contribution in [3.63, 3.8) is 0 Å². The molecule has 4 bridgehead atoms. The second-order valence-electron chi connectivity index (χ2n) is 10.1. The van der Waals surface area contributed by atoms with Crippen molar-refractivity contribution >= 4 is 11.9 Å². The van der Waals surface area contributed by atoms with Crippen molar-refractivity contribution in [1.29, 1.82) is 0 Å². The second-order valence-corrected chi connectivity index (χ2v) is 10.1. The fraction of sp³-hybridized carbons (Fsp3) is 0.905. The van der Waals surface area contributed by atoms with Crippen LogP contribution >= 0.6 is 0 Å². The van der Waals surface area contributed by atoms with E-state index in [2.05, 4.69) is 0 Å². The zero-order valence-corrected chi connectivity index (χ0v) is 15.6. The summed E-state index contributed by atoms with van der Waals surface area (Å²) in [5.74, 6) is 3.81. The largest absolute Gasteiger partial charge is 0.465 e. The standard InChI is InChI=1S/C21H30O4/c1-4-20(2,3)18(22)25-15-9-11-7-13(15)16-12-8-14(17(11)16)21(10-12)5-6-24-19(21)23/h11-17H,4-10H2,1-3H3. The van der Waals surface area contributed by atoms with Gasteiger partial charge in [0, 0.05) is 0 Å². The van der Waals surface area contributed by atoms with Crippen LogP contribution in [0.15, 0.2) is 0 Å². The Bertz CT molecular complexity index is 625. The number of ether oxygens (including phenoxy) is 2. The predicted molar refractivity (Wildman–Crippen MR) is 91.4 cm³/mol. The van der Waals surface area contributed by atoms with Gasteiger partial charge in [-0.2, -0.15) is 0 Å². The Balaban J connectivity index is 1.34. The highest BCUT2D eigenvalue weighted by molar-refractivity contribution is 5.80. The van der Waals surface area contributed by atoms with Crippen molar-refractivity contribution in [2.24, 2.45) is 46.3 Å². The van der Waals surface area contributed by atoms with Gasteiger partial charge in [-0.1, -0.05) is 6.92 Å². The van der Waals surface area contributed by atoms with E-state index in [0.717, 1.165) is 25.7 Å². The molecular formula is C21H30O4. The van der Waals surface area contributed by atoms with Crippen LogP contribution in [0.1, 0.15) is 59.3 Å². The van der Waals surface area contributed by atoms with Crippen LogP contribution in [-0.4, -0.2) is 24.6 Å². The summed E-state index contributed by atoms with van der Waals surface area (Å²) < 4.78 is 11.4. The lowest BCUT2D eigenvalue weighted by Crippen LogP contribution is -2.46. The molecule has 0 N–H and O–H groups in total. The van der Waals surface area contributed by atoms with Gasteiger partial charge in [-0.25, -0.2) is 0 Å². The summed E-state index contributed by atoms with van der Waals surface area (Å²) in [5, 5.41) is 0. The van der Waals surface area contributed by atoms with Crippen molar-refractivity contribution in [2.75, 3.05) is 6.61 Å². The number of rotatable bonds is 3. The first kappa shape index (κ1) is 16.1. The van der Waals surface area contributed by atoms with Crippen molar-refractivity contribution in [2.45, 2.75) is 65.4 Å². The highest BCUT2D eigenvalue weighted by Gasteiger charge is 2.72. The summed E-state index contributed by atoms with van der Waals surface area (Å²) in [6, 6.07) is 0. The lowest BCUT2D eigenvalue weighted by Gasteiger charge is -2.44. The van der Waals surface area contributed by atoms with Crippen LogP contribution in [0.2, 0.25) is 0 Å². The number of hydrogen-bond acceptors (Lipinski definition) is 4. The molecule has 5 fully saturated rings. The number of cyclic esters (lactones) is 1. The molecule has 4 saturated carbocycles. The fourth-order valence-electron chi connectivity index (χ4n) is 7.39. The van der Waals surface area contributed by atoms with Crippen molar-refractivity contribution in [1.82, 2.24) is 0 Å². The summed E-state index contributed by atoms with van der Waals surface area (Å²) in [7, 11) is 0. The topological polar surface area (TPSA) is 52.6 Å². The van der Waals surface area contributed by atoms with Crippen molar-refractivity contribution < 1.29 is 19.1 Å². The third-order valence-corrected chi connectivity index (χ3v) is 8.86. The third kappa shape index (κ3) is 1.94. The molecule has 25 heavy (non-hydrogen) atoms. The van der Waals surface area contributed by atoms with Crippen LogP contribution < -0.4 is 0 Å². The van der Waals surface area contributed by atoms with E-state index in [1.807, 2.05) is 20.8 Å². The van der Waals surface area contributed by atoms with Crippen molar-refractivity contribution in [3.8, 4) is 0 Å². The molecular weight excluding hydrogens is 316 g/mol. The average molecular weight is 346 g/mol. The number of hydrogen-bond donors (Lipinski definition) is 0. The molecule has 0 aromatic heterocycles. The maximum Gasteiger partial charge on any atom is 0.312 e. The van der Waals surface area contributed by atoms with Crippen LogP contribution in [0, 0.1) is 46.3 Å². The Morgan fingerprint density at radius 2 is 2.04 bits per heavy atom. The van der Waals surface area contributed by atoms with Gasteiger partial charge in [0.15, 0.2) is 0 Å². The number of esters is 2. The molecule has 4 heteroatoms. The molecule has 1 saturated heterocycles. The lowest BCUT2D eigenvalue weighted by molar-refractivity contribution is -0.166. The first-order valence-electron chi connectivity index (χ1n) is 10.3. The Morgan fingerprint density at radius 3 is 2.72 bits per heavy atom. The Labute approximate surface area is 150 Å². The normalized spacial score (nSPS) is 49.7. The van der Waals surface area contributed by atoms with Gasteiger partial charge in [0.25, 0.3) is 0 Å². The predicted octanol–water partition coefficient (Wildman–Crippen LogP) is 3.58. The zero-order valence-electron chi connectivity index (χ0n) is 15.6. The summed E-state index contributed by atoms with van der Waals surface area (Å²) in [4.78, 5) is 25.0. The van der Waals surface area contributed by atoms with Gasteiger partial charge in [-0.15, -0.1) is 0 Å². The number of fused-ring (bicyclic) bond motifs is 10. The lowest BCUT2D eigenvalue weighted by atomic mass is 9.60. The summed E-state index contributed by atoms with van der Waals surface area (Å²) >= 11 is 0. The summed E-state index contributed by atoms with van der Waals surface area (Å²) in [6.45, 7) is 6.64. The minimum atomic E-state index is -0.381. The van der Waals surface area contributed by atoms with Crippen LogP contribution in [-0.2, 0) is 19.1 Å². The van der Waals surface area contributed by atoms with E-state index in [1.54, 1.807) is 0 Å². The van der Waals surface area contributed by atoms with Gasteiger partial charge in [0.1, 0.15) is 6.10 Å².